The number of hydrogen-bond acceptors (Lipinski definition) is 4. The first-order valence-electron chi connectivity index (χ1n) is 5.85. The molecular weight excluding hydrogens is 270 g/mol. The van der Waals surface area contributed by atoms with Gasteiger partial charge in [-0.15, -0.1) is 0 Å². The van der Waals surface area contributed by atoms with Gasteiger partial charge in [-0.1, -0.05) is 19.1 Å². The number of benzene rings is 1. The van der Waals surface area contributed by atoms with E-state index in [2.05, 4.69) is 4.72 Å². The van der Waals surface area contributed by atoms with Crippen LogP contribution in [0.2, 0.25) is 0 Å². The molecule has 7 heteroatoms. The minimum atomic E-state index is -3.58. The number of carbonyl (C=O) groups is 1. The molecule has 19 heavy (non-hydrogen) atoms. The van der Waals surface area contributed by atoms with Crippen molar-refractivity contribution in [2.75, 3.05) is 5.75 Å². The van der Waals surface area contributed by atoms with Crippen molar-refractivity contribution in [3.05, 3.63) is 29.8 Å². The average Bonchev–Trinajstić information content (AvgIpc) is 2.30. The van der Waals surface area contributed by atoms with Gasteiger partial charge < -0.3 is 10.2 Å². The fourth-order valence-electron chi connectivity index (χ4n) is 1.59. The van der Waals surface area contributed by atoms with E-state index in [1.54, 1.807) is 19.1 Å². The summed E-state index contributed by atoms with van der Waals surface area (Å²) in [7, 11) is -3.58. The molecule has 1 atom stereocenters. The summed E-state index contributed by atoms with van der Waals surface area (Å²) < 4.78 is 25.3. The molecule has 1 aromatic carbocycles. The van der Waals surface area contributed by atoms with E-state index in [1.165, 1.54) is 12.1 Å². The molecule has 0 fully saturated rings. The third-order valence-electron chi connectivity index (χ3n) is 2.47. The molecule has 0 spiro atoms. The summed E-state index contributed by atoms with van der Waals surface area (Å²) in [5.41, 5.74) is 0.629. The molecule has 0 aliphatic heterocycles. The van der Waals surface area contributed by atoms with Crippen molar-refractivity contribution in [1.82, 2.24) is 4.72 Å². The summed E-state index contributed by atoms with van der Waals surface area (Å²) in [4.78, 5) is 11.1. The van der Waals surface area contributed by atoms with Gasteiger partial charge in [0.05, 0.1) is 5.75 Å². The van der Waals surface area contributed by atoms with E-state index in [0.717, 1.165) is 0 Å². The second-order valence-electron chi connectivity index (χ2n) is 4.20. The molecule has 3 N–H and O–H groups in total. The summed E-state index contributed by atoms with van der Waals surface area (Å²) in [6, 6.07) is 4.75. The largest absolute Gasteiger partial charge is 0.508 e. The number of nitrogens with one attached hydrogen (secondary N) is 1. The number of aliphatic carboxylic acids is 1. The molecule has 0 amide bonds. The number of carboxylic acid groups (broad SMARTS) is 1. The number of hydrogen-bond donors (Lipinski definition) is 3. The Morgan fingerprint density at radius 3 is 2.37 bits per heavy atom. The standard InChI is InChI=1S/C12H17NO5S/c1-2-7-19(17,18)13-11(12(15)16)8-9-3-5-10(14)6-4-9/h3-6,11,13-14H,2,7-8H2,1H3,(H,15,16)/t11-/m0/s1. The number of rotatable bonds is 7. The number of carboxylic acids is 1. The van der Waals surface area contributed by atoms with E-state index in [4.69, 9.17) is 10.2 Å². The third-order valence-corrected chi connectivity index (χ3v) is 4.06. The van der Waals surface area contributed by atoms with Crippen LogP contribution in [0, 0.1) is 0 Å². The highest BCUT2D eigenvalue weighted by molar-refractivity contribution is 7.89. The molecule has 0 aliphatic carbocycles. The van der Waals surface area contributed by atoms with Gasteiger partial charge in [-0.2, -0.15) is 0 Å². The van der Waals surface area contributed by atoms with Gasteiger partial charge >= 0.3 is 5.97 Å². The lowest BCUT2D eigenvalue weighted by atomic mass is 10.1. The fourth-order valence-corrected chi connectivity index (χ4v) is 2.86. The van der Waals surface area contributed by atoms with Crippen molar-refractivity contribution < 1.29 is 23.4 Å². The van der Waals surface area contributed by atoms with Gasteiger partial charge in [-0.05, 0) is 30.5 Å². The summed E-state index contributed by atoms with van der Waals surface area (Å²) in [5, 5.41) is 18.2. The molecule has 0 heterocycles. The second kappa shape index (κ2) is 6.53. The van der Waals surface area contributed by atoms with Crippen LogP contribution in [-0.4, -0.2) is 36.4 Å². The highest BCUT2D eigenvalue weighted by atomic mass is 32.2. The minimum absolute atomic E-state index is 0.0263. The molecule has 0 saturated heterocycles. The normalized spacial score (nSPS) is 13.1. The molecule has 106 valence electrons. The van der Waals surface area contributed by atoms with Crippen molar-refractivity contribution in [3.63, 3.8) is 0 Å². The van der Waals surface area contributed by atoms with Crippen molar-refractivity contribution in [2.24, 2.45) is 0 Å². The predicted octanol–water partition coefficient (Wildman–Crippen LogP) is 0.717. The predicted molar refractivity (Wildman–Crippen MR) is 70.4 cm³/mol. The molecular formula is C12H17NO5S. The lowest BCUT2D eigenvalue weighted by Crippen LogP contribution is -2.43. The highest BCUT2D eigenvalue weighted by Gasteiger charge is 2.23. The van der Waals surface area contributed by atoms with Crippen LogP contribution in [0.1, 0.15) is 18.9 Å². The summed E-state index contributed by atoms with van der Waals surface area (Å²) >= 11 is 0. The summed E-state index contributed by atoms with van der Waals surface area (Å²) in [6.07, 6.45) is 0.444. The van der Waals surface area contributed by atoms with Gasteiger partial charge in [0.25, 0.3) is 0 Å². The Hall–Kier alpha value is -1.60. The molecule has 0 saturated carbocycles. The molecule has 0 aliphatic rings. The monoisotopic (exact) mass is 287 g/mol. The summed E-state index contributed by atoms with van der Waals surface area (Å²) in [6.45, 7) is 1.70. The van der Waals surface area contributed by atoms with Crippen molar-refractivity contribution >= 4 is 16.0 Å². The van der Waals surface area contributed by atoms with Crippen molar-refractivity contribution in [1.29, 1.82) is 0 Å². The van der Waals surface area contributed by atoms with Gasteiger partial charge in [-0.25, -0.2) is 13.1 Å². The Labute approximate surface area is 112 Å². The molecule has 0 aromatic heterocycles. The number of phenols is 1. The van der Waals surface area contributed by atoms with E-state index in [-0.39, 0.29) is 17.9 Å². The van der Waals surface area contributed by atoms with E-state index in [0.29, 0.717) is 12.0 Å². The average molecular weight is 287 g/mol. The van der Waals surface area contributed by atoms with Crippen LogP contribution >= 0.6 is 0 Å². The first-order chi connectivity index (χ1) is 8.84. The van der Waals surface area contributed by atoms with E-state index in [1.807, 2.05) is 0 Å². The zero-order valence-electron chi connectivity index (χ0n) is 10.5. The van der Waals surface area contributed by atoms with E-state index >= 15 is 0 Å². The maximum Gasteiger partial charge on any atom is 0.322 e. The number of phenolic OH excluding ortho intramolecular Hbond substituents is 1. The molecule has 1 aromatic rings. The first-order valence-corrected chi connectivity index (χ1v) is 7.50. The van der Waals surface area contributed by atoms with Gasteiger partial charge in [0.15, 0.2) is 0 Å². The molecule has 1 rings (SSSR count). The second-order valence-corrected chi connectivity index (χ2v) is 6.07. The zero-order valence-corrected chi connectivity index (χ0v) is 11.4. The van der Waals surface area contributed by atoms with Crippen molar-refractivity contribution in [3.8, 4) is 5.75 Å². The quantitative estimate of drug-likeness (QED) is 0.685. The smallest absolute Gasteiger partial charge is 0.322 e. The van der Waals surface area contributed by atoms with Crippen molar-refractivity contribution in [2.45, 2.75) is 25.8 Å². The maximum atomic E-state index is 11.6. The van der Waals surface area contributed by atoms with Gasteiger partial charge in [0.2, 0.25) is 10.0 Å². The summed E-state index contributed by atoms with van der Waals surface area (Å²) in [5.74, 6) is -1.26. The highest BCUT2D eigenvalue weighted by Crippen LogP contribution is 2.12. The van der Waals surface area contributed by atoms with E-state index in [9.17, 15) is 13.2 Å². The van der Waals surface area contributed by atoms with Gasteiger partial charge in [0.1, 0.15) is 11.8 Å². The van der Waals surface area contributed by atoms with Crippen LogP contribution in [0.4, 0.5) is 0 Å². The van der Waals surface area contributed by atoms with Crippen LogP contribution in [0.15, 0.2) is 24.3 Å². The lowest BCUT2D eigenvalue weighted by Gasteiger charge is -2.14. The first kappa shape index (κ1) is 15.5. The Morgan fingerprint density at radius 1 is 1.32 bits per heavy atom. The van der Waals surface area contributed by atoms with Crippen LogP contribution in [0.3, 0.4) is 0 Å². The van der Waals surface area contributed by atoms with Crippen LogP contribution in [0.5, 0.6) is 5.75 Å². The Kier molecular flexibility index (Phi) is 5.31. The molecule has 0 unspecified atom stereocenters. The fraction of sp³-hybridized carbons (Fsp3) is 0.417. The lowest BCUT2D eigenvalue weighted by molar-refractivity contribution is -0.138. The Bertz CT molecular complexity index is 524. The molecule has 0 bridgehead atoms. The van der Waals surface area contributed by atoms with Crippen LogP contribution in [-0.2, 0) is 21.2 Å². The number of sulfonamides is 1. The van der Waals surface area contributed by atoms with E-state index < -0.39 is 22.0 Å². The van der Waals surface area contributed by atoms with Crippen LogP contribution in [0.25, 0.3) is 0 Å². The zero-order chi connectivity index (χ0) is 14.5. The minimum Gasteiger partial charge on any atom is -0.508 e. The molecule has 6 nitrogen and oxygen atoms in total. The topological polar surface area (TPSA) is 104 Å². The maximum absolute atomic E-state index is 11.6. The third kappa shape index (κ3) is 5.27. The van der Waals surface area contributed by atoms with Gasteiger partial charge in [0, 0.05) is 0 Å². The van der Waals surface area contributed by atoms with Crippen LogP contribution < -0.4 is 4.72 Å². The molecule has 0 radical (unpaired) electrons. The SMILES string of the molecule is CCCS(=O)(=O)N[C@@H](Cc1ccc(O)cc1)C(=O)O. The Balaban J connectivity index is 2.79. The Morgan fingerprint density at radius 2 is 1.89 bits per heavy atom. The number of aromatic hydroxyl groups is 1. The van der Waals surface area contributed by atoms with Gasteiger partial charge in [-0.3, -0.25) is 4.79 Å².